The average Bonchev–Trinajstić information content (AvgIpc) is 3.53. The molecule has 1 N–H and O–H groups in total. The third-order valence-corrected chi connectivity index (χ3v) is 5.35. The second-order valence-corrected chi connectivity index (χ2v) is 7.30. The normalized spacial score (nSPS) is 19.4. The predicted octanol–water partition coefficient (Wildman–Crippen LogP) is 4.65. The molecular weight excluding hydrogens is 443 g/mol. The van der Waals surface area contributed by atoms with E-state index in [0.29, 0.717) is 11.5 Å². The molecule has 2 aliphatic rings. The Labute approximate surface area is 184 Å². The smallest absolute Gasteiger partial charge is 0.416 e. The number of carbonyl (C=O) groups excluding carboxylic acids is 2. The fourth-order valence-corrected chi connectivity index (χ4v) is 3.85. The van der Waals surface area contributed by atoms with E-state index in [4.69, 9.17) is 13.9 Å². The molecule has 1 unspecified atom stereocenters. The number of carbonyl (C=O) groups is 2. The molecule has 1 atom stereocenters. The number of aliphatic hydroxyl groups is 1. The first-order valence-corrected chi connectivity index (χ1v) is 9.67. The van der Waals surface area contributed by atoms with E-state index in [9.17, 15) is 27.9 Å². The molecule has 3 heterocycles. The lowest BCUT2D eigenvalue weighted by Crippen LogP contribution is -2.29. The van der Waals surface area contributed by atoms with Crippen LogP contribution in [0.4, 0.5) is 18.9 Å². The van der Waals surface area contributed by atoms with E-state index in [1.807, 2.05) is 0 Å². The van der Waals surface area contributed by atoms with Crippen LogP contribution in [0, 0.1) is 0 Å². The molecule has 0 bridgehead atoms. The molecule has 2 aliphatic heterocycles. The number of hydrogen-bond acceptors (Lipinski definition) is 6. The van der Waals surface area contributed by atoms with Crippen molar-refractivity contribution in [3.05, 3.63) is 83.3 Å². The minimum atomic E-state index is -4.66. The van der Waals surface area contributed by atoms with Crippen molar-refractivity contribution < 1.29 is 41.8 Å². The number of alkyl halides is 3. The molecule has 168 valence electrons. The molecule has 5 rings (SSSR count). The molecule has 2 aromatic carbocycles. The molecule has 1 amide bonds. The number of nitrogens with zero attached hydrogens (tertiary/aromatic N) is 1. The van der Waals surface area contributed by atoms with Gasteiger partial charge in [0.15, 0.2) is 11.5 Å². The van der Waals surface area contributed by atoms with Crippen LogP contribution < -0.4 is 14.4 Å². The quantitative estimate of drug-likeness (QED) is 0.350. The highest BCUT2D eigenvalue weighted by atomic mass is 19.4. The Balaban J connectivity index is 1.67. The van der Waals surface area contributed by atoms with Gasteiger partial charge in [0.1, 0.15) is 17.6 Å². The van der Waals surface area contributed by atoms with Crippen LogP contribution in [0.5, 0.6) is 11.5 Å². The summed E-state index contributed by atoms with van der Waals surface area (Å²) in [4.78, 5) is 26.8. The summed E-state index contributed by atoms with van der Waals surface area (Å²) in [5, 5.41) is 11.0. The number of anilines is 1. The summed E-state index contributed by atoms with van der Waals surface area (Å²) in [6.07, 6.45) is -3.36. The molecule has 3 aromatic rings. The van der Waals surface area contributed by atoms with Crippen LogP contribution in [0.3, 0.4) is 0 Å². The molecule has 0 saturated carbocycles. The topological polar surface area (TPSA) is 89.2 Å². The third-order valence-electron chi connectivity index (χ3n) is 5.35. The molecule has 7 nitrogen and oxygen atoms in total. The molecule has 0 spiro atoms. The zero-order valence-electron chi connectivity index (χ0n) is 16.6. The summed E-state index contributed by atoms with van der Waals surface area (Å²) >= 11 is 0. The Morgan fingerprint density at radius 2 is 1.79 bits per heavy atom. The zero-order valence-corrected chi connectivity index (χ0v) is 16.6. The molecule has 1 fully saturated rings. The van der Waals surface area contributed by atoms with Gasteiger partial charge in [0.2, 0.25) is 6.79 Å². The van der Waals surface area contributed by atoms with Crippen molar-refractivity contribution in [1.82, 2.24) is 0 Å². The molecule has 1 aromatic heterocycles. The van der Waals surface area contributed by atoms with Gasteiger partial charge in [-0.05, 0) is 48.5 Å². The molecule has 10 heteroatoms. The van der Waals surface area contributed by atoms with Crippen LogP contribution in [-0.2, 0) is 15.8 Å². The van der Waals surface area contributed by atoms with Crippen LogP contribution >= 0.6 is 0 Å². The number of ether oxygens (including phenoxy) is 2. The zero-order chi connectivity index (χ0) is 23.3. The van der Waals surface area contributed by atoms with Crippen molar-refractivity contribution >= 4 is 23.1 Å². The Kier molecular flexibility index (Phi) is 4.66. The van der Waals surface area contributed by atoms with Crippen LogP contribution in [-0.4, -0.2) is 23.6 Å². The maximum absolute atomic E-state index is 13.3. The summed E-state index contributed by atoms with van der Waals surface area (Å²) in [6.45, 7) is -0.00806. The highest BCUT2D eigenvalue weighted by Gasteiger charge is 2.48. The number of amides is 1. The van der Waals surface area contributed by atoms with E-state index in [-0.39, 0.29) is 29.4 Å². The minimum Gasteiger partial charge on any atom is -0.507 e. The first-order chi connectivity index (χ1) is 15.8. The number of aliphatic hydroxyl groups excluding tert-OH is 1. The van der Waals surface area contributed by atoms with Crippen molar-refractivity contribution in [3.63, 3.8) is 0 Å². The summed E-state index contributed by atoms with van der Waals surface area (Å²) in [7, 11) is 0. The van der Waals surface area contributed by atoms with E-state index < -0.39 is 35.2 Å². The third kappa shape index (κ3) is 3.39. The Bertz CT molecular complexity index is 1300. The van der Waals surface area contributed by atoms with E-state index in [0.717, 1.165) is 23.1 Å². The van der Waals surface area contributed by atoms with Gasteiger partial charge in [0.25, 0.3) is 11.7 Å². The summed E-state index contributed by atoms with van der Waals surface area (Å²) < 4.78 is 55.7. The maximum atomic E-state index is 13.3. The monoisotopic (exact) mass is 457 g/mol. The van der Waals surface area contributed by atoms with E-state index in [1.54, 1.807) is 0 Å². The number of rotatable bonds is 3. The van der Waals surface area contributed by atoms with Crippen LogP contribution in [0.15, 0.2) is 70.9 Å². The molecular formula is C23H14F3NO6. The number of hydrogen-bond donors (Lipinski definition) is 1. The first kappa shape index (κ1) is 20.7. The largest absolute Gasteiger partial charge is 0.507 e. The van der Waals surface area contributed by atoms with Crippen LogP contribution in [0.1, 0.15) is 22.9 Å². The lowest BCUT2D eigenvalue weighted by Gasteiger charge is -2.24. The highest BCUT2D eigenvalue weighted by Crippen LogP contribution is 2.44. The molecule has 0 radical (unpaired) electrons. The van der Waals surface area contributed by atoms with Crippen LogP contribution in [0.2, 0.25) is 0 Å². The minimum absolute atomic E-state index is 0.00806. The predicted molar refractivity (Wildman–Crippen MR) is 107 cm³/mol. The van der Waals surface area contributed by atoms with Gasteiger partial charge in [-0.2, -0.15) is 13.2 Å². The van der Waals surface area contributed by atoms with Crippen molar-refractivity contribution in [1.29, 1.82) is 0 Å². The Morgan fingerprint density at radius 3 is 2.52 bits per heavy atom. The highest BCUT2D eigenvalue weighted by molar-refractivity contribution is 6.51. The van der Waals surface area contributed by atoms with Gasteiger partial charge in [-0.1, -0.05) is 6.07 Å². The number of halogens is 3. The summed E-state index contributed by atoms with van der Waals surface area (Å²) in [5.41, 5.74) is -1.32. The summed E-state index contributed by atoms with van der Waals surface area (Å²) in [6, 6.07) is 10.2. The van der Waals surface area contributed by atoms with Crippen molar-refractivity contribution in [2.75, 3.05) is 11.7 Å². The van der Waals surface area contributed by atoms with Gasteiger partial charge in [-0.15, -0.1) is 0 Å². The molecule has 0 aliphatic carbocycles. The van der Waals surface area contributed by atoms with Crippen LogP contribution in [0.25, 0.3) is 5.76 Å². The van der Waals surface area contributed by atoms with Gasteiger partial charge >= 0.3 is 6.18 Å². The number of furan rings is 1. The molecule has 33 heavy (non-hydrogen) atoms. The Hall–Kier alpha value is -4.21. The number of fused-ring (bicyclic) bond motifs is 1. The standard InChI is InChI=1S/C23H14F3NO6/c24-23(25,26)13-3-1-4-14(10-13)27-19(16-5-2-8-31-16)18(21(29)22(27)30)20(28)12-6-7-15-17(9-12)33-11-32-15/h1-10,19,28H,11H2/b20-18-. The van der Waals surface area contributed by atoms with E-state index in [1.165, 1.54) is 42.7 Å². The van der Waals surface area contributed by atoms with Crippen molar-refractivity contribution in [2.45, 2.75) is 12.2 Å². The fraction of sp³-hybridized carbons (Fsp3) is 0.130. The average molecular weight is 457 g/mol. The van der Waals surface area contributed by atoms with E-state index >= 15 is 0 Å². The maximum Gasteiger partial charge on any atom is 0.416 e. The fourth-order valence-electron chi connectivity index (χ4n) is 3.85. The Morgan fingerprint density at radius 1 is 1.00 bits per heavy atom. The summed E-state index contributed by atoms with van der Waals surface area (Å²) in [5.74, 6) is -1.82. The van der Waals surface area contributed by atoms with E-state index in [2.05, 4.69) is 0 Å². The lowest BCUT2D eigenvalue weighted by molar-refractivity contribution is -0.137. The van der Waals surface area contributed by atoms with Gasteiger partial charge in [-0.3, -0.25) is 14.5 Å². The van der Waals surface area contributed by atoms with Gasteiger partial charge in [-0.25, -0.2) is 0 Å². The molecule has 1 saturated heterocycles. The van der Waals surface area contributed by atoms with Gasteiger partial charge in [0, 0.05) is 11.3 Å². The first-order valence-electron chi connectivity index (χ1n) is 9.67. The number of Topliss-reactive ketones (excluding diaryl/α,β-unsaturated/α-hetero) is 1. The van der Waals surface area contributed by atoms with Crippen molar-refractivity contribution in [3.8, 4) is 11.5 Å². The lowest BCUT2D eigenvalue weighted by atomic mass is 9.99. The van der Waals surface area contributed by atoms with Gasteiger partial charge in [0.05, 0.1) is 17.4 Å². The SMILES string of the molecule is O=C1C(=O)N(c2cccc(C(F)(F)F)c2)C(c2ccco2)/C1=C(/O)c1ccc2c(c1)OCO2. The van der Waals surface area contributed by atoms with Gasteiger partial charge < -0.3 is 19.0 Å². The number of ketones is 1. The second kappa shape index (κ2) is 7.44. The number of benzene rings is 2. The second-order valence-electron chi connectivity index (χ2n) is 7.30. The van der Waals surface area contributed by atoms with Crippen molar-refractivity contribution in [2.24, 2.45) is 0 Å².